The molecule has 0 bridgehead atoms. The van der Waals surface area contributed by atoms with Crippen LogP contribution in [0.3, 0.4) is 0 Å². The molecule has 0 spiro atoms. The lowest BCUT2D eigenvalue weighted by atomic mass is 10.0. The Labute approximate surface area is 122 Å². The van der Waals surface area contributed by atoms with E-state index in [0.717, 1.165) is 40.9 Å². The highest BCUT2D eigenvalue weighted by Gasteiger charge is 2.20. The van der Waals surface area contributed by atoms with Crippen molar-refractivity contribution in [2.45, 2.75) is 25.9 Å². The fraction of sp³-hybridized carbons (Fsp3) is 0.250. The maximum absolute atomic E-state index is 6.01. The van der Waals surface area contributed by atoms with Crippen LogP contribution in [0.5, 0.6) is 11.6 Å². The second-order valence-electron chi connectivity index (χ2n) is 5.42. The number of hydrogen-bond donors (Lipinski definition) is 2. The summed E-state index contributed by atoms with van der Waals surface area (Å²) in [6.45, 7) is 2.93. The Morgan fingerprint density at radius 3 is 3.14 bits per heavy atom. The van der Waals surface area contributed by atoms with Gasteiger partial charge in [-0.3, -0.25) is 0 Å². The normalized spacial score (nSPS) is 17.7. The van der Waals surface area contributed by atoms with Gasteiger partial charge in [-0.05, 0) is 37.6 Å². The molecule has 1 aliphatic rings. The summed E-state index contributed by atoms with van der Waals surface area (Å²) in [5.74, 6) is 1.47. The number of ether oxygens (including phenoxy) is 1. The Balaban J connectivity index is 1.70. The number of nitrogens with zero attached hydrogens (tertiary/aromatic N) is 2. The highest BCUT2D eigenvalue weighted by atomic mass is 16.5. The molecule has 0 saturated carbocycles. The van der Waals surface area contributed by atoms with Crippen LogP contribution in [0.4, 0.5) is 0 Å². The standard InChI is InChI=1S/C16H16N4O/c1-10-6-13-15(8-18-10)19-9-20-16(13)21-12-2-3-14-11(7-12)4-5-17-14/h2-5,7,9-10,17-18H,6,8H2,1H3. The number of nitrogens with one attached hydrogen (secondary N) is 2. The van der Waals surface area contributed by atoms with E-state index in [0.29, 0.717) is 11.9 Å². The van der Waals surface area contributed by atoms with Gasteiger partial charge < -0.3 is 15.0 Å². The molecular formula is C16H16N4O. The Hall–Kier alpha value is -2.40. The minimum Gasteiger partial charge on any atom is -0.439 e. The SMILES string of the molecule is CC1Cc2c(ncnc2Oc2ccc3[nH]ccc3c2)CN1. The lowest BCUT2D eigenvalue weighted by molar-refractivity contribution is 0.430. The van der Waals surface area contributed by atoms with Gasteiger partial charge in [0.15, 0.2) is 0 Å². The number of aromatic nitrogens is 3. The number of aromatic amines is 1. The smallest absolute Gasteiger partial charge is 0.225 e. The molecule has 2 aromatic heterocycles. The molecule has 3 aromatic rings. The molecule has 1 aliphatic heterocycles. The second-order valence-corrected chi connectivity index (χ2v) is 5.42. The molecule has 5 nitrogen and oxygen atoms in total. The van der Waals surface area contributed by atoms with Crippen LogP contribution in [-0.4, -0.2) is 21.0 Å². The third-order valence-corrected chi connectivity index (χ3v) is 3.86. The highest BCUT2D eigenvalue weighted by Crippen LogP contribution is 2.29. The van der Waals surface area contributed by atoms with E-state index in [-0.39, 0.29) is 0 Å². The molecule has 1 unspecified atom stereocenters. The van der Waals surface area contributed by atoms with Crippen LogP contribution in [0, 0.1) is 0 Å². The molecule has 0 amide bonds. The van der Waals surface area contributed by atoms with E-state index >= 15 is 0 Å². The number of hydrogen-bond acceptors (Lipinski definition) is 4. The zero-order chi connectivity index (χ0) is 14.2. The van der Waals surface area contributed by atoms with E-state index in [1.54, 1.807) is 6.33 Å². The summed E-state index contributed by atoms with van der Waals surface area (Å²) in [7, 11) is 0. The maximum atomic E-state index is 6.01. The molecule has 21 heavy (non-hydrogen) atoms. The molecule has 0 fully saturated rings. The Bertz CT molecular complexity index is 796. The highest BCUT2D eigenvalue weighted by molar-refractivity contribution is 5.80. The first kappa shape index (κ1) is 12.3. The van der Waals surface area contributed by atoms with Gasteiger partial charge in [-0.1, -0.05) is 0 Å². The summed E-state index contributed by atoms with van der Waals surface area (Å²) in [6.07, 6.45) is 4.38. The summed E-state index contributed by atoms with van der Waals surface area (Å²) in [6, 6.07) is 8.44. The van der Waals surface area contributed by atoms with Crippen molar-refractivity contribution in [2.24, 2.45) is 0 Å². The summed E-state index contributed by atoms with van der Waals surface area (Å²) in [4.78, 5) is 11.8. The van der Waals surface area contributed by atoms with E-state index in [2.05, 4.69) is 27.2 Å². The van der Waals surface area contributed by atoms with Crippen LogP contribution in [0.2, 0.25) is 0 Å². The van der Waals surface area contributed by atoms with Crippen LogP contribution in [0.1, 0.15) is 18.2 Å². The van der Waals surface area contributed by atoms with Gasteiger partial charge in [-0.25, -0.2) is 9.97 Å². The van der Waals surface area contributed by atoms with Gasteiger partial charge in [-0.2, -0.15) is 0 Å². The zero-order valence-corrected chi connectivity index (χ0v) is 11.8. The minimum absolute atomic E-state index is 0.415. The van der Waals surface area contributed by atoms with Crippen LogP contribution < -0.4 is 10.1 Å². The van der Waals surface area contributed by atoms with Crippen molar-refractivity contribution < 1.29 is 4.74 Å². The van der Waals surface area contributed by atoms with Crippen LogP contribution >= 0.6 is 0 Å². The second kappa shape index (κ2) is 4.86. The number of H-pyrrole nitrogens is 1. The largest absolute Gasteiger partial charge is 0.439 e. The van der Waals surface area contributed by atoms with Crippen molar-refractivity contribution in [3.63, 3.8) is 0 Å². The Kier molecular flexibility index (Phi) is 2.86. The first-order valence-corrected chi connectivity index (χ1v) is 7.11. The van der Waals surface area contributed by atoms with Crippen molar-refractivity contribution in [2.75, 3.05) is 0 Å². The Morgan fingerprint density at radius 1 is 1.24 bits per heavy atom. The average Bonchev–Trinajstić information content (AvgIpc) is 2.95. The van der Waals surface area contributed by atoms with Gasteiger partial charge in [0.1, 0.15) is 12.1 Å². The van der Waals surface area contributed by atoms with Crippen LogP contribution in [0.15, 0.2) is 36.8 Å². The van der Waals surface area contributed by atoms with Crippen molar-refractivity contribution in [3.8, 4) is 11.6 Å². The van der Waals surface area contributed by atoms with Crippen molar-refractivity contribution in [1.29, 1.82) is 0 Å². The molecule has 3 heterocycles. The van der Waals surface area contributed by atoms with Crippen LogP contribution in [-0.2, 0) is 13.0 Å². The monoisotopic (exact) mass is 280 g/mol. The zero-order valence-electron chi connectivity index (χ0n) is 11.8. The molecule has 106 valence electrons. The third kappa shape index (κ3) is 2.25. The van der Waals surface area contributed by atoms with Crippen molar-refractivity contribution in [1.82, 2.24) is 20.3 Å². The summed E-state index contributed by atoms with van der Waals surface area (Å²) in [5, 5.41) is 4.53. The van der Waals surface area contributed by atoms with Gasteiger partial charge in [0.2, 0.25) is 5.88 Å². The van der Waals surface area contributed by atoms with Gasteiger partial charge in [0.25, 0.3) is 0 Å². The molecule has 5 heteroatoms. The number of fused-ring (bicyclic) bond motifs is 2. The molecule has 0 saturated heterocycles. The Morgan fingerprint density at radius 2 is 2.19 bits per heavy atom. The molecule has 1 atom stereocenters. The van der Waals surface area contributed by atoms with Gasteiger partial charge in [-0.15, -0.1) is 0 Å². The van der Waals surface area contributed by atoms with E-state index in [9.17, 15) is 0 Å². The van der Waals surface area contributed by atoms with E-state index < -0.39 is 0 Å². The lowest BCUT2D eigenvalue weighted by Gasteiger charge is -2.23. The van der Waals surface area contributed by atoms with E-state index in [4.69, 9.17) is 4.74 Å². The van der Waals surface area contributed by atoms with Crippen molar-refractivity contribution in [3.05, 3.63) is 48.0 Å². The molecule has 1 aromatic carbocycles. The predicted octanol–water partition coefficient (Wildman–Crippen LogP) is 2.78. The summed E-state index contributed by atoms with van der Waals surface area (Å²) < 4.78 is 6.01. The molecule has 0 radical (unpaired) electrons. The quantitative estimate of drug-likeness (QED) is 0.757. The fourth-order valence-electron chi connectivity index (χ4n) is 2.73. The van der Waals surface area contributed by atoms with E-state index in [1.165, 1.54) is 0 Å². The summed E-state index contributed by atoms with van der Waals surface area (Å²) in [5.41, 5.74) is 3.24. The van der Waals surface area contributed by atoms with Gasteiger partial charge in [0, 0.05) is 35.2 Å². The third-order valence-electron chi connectivity index (χ3n) is 3.86. The topological polar surface area (TPSA) is 62.8 Å². The average molecular weight is 280 g/mol. The molecule has 2 N–H and O–H groups in total. The van der Waals surface area contributed by atoms with Crippen molar-refractivity contribution >= 4 is 10.9 Å². The number of rotatable bonds is 2. The molecule has 0 aliphatic carbocycles. The predicted molar refractivity (Wildman–Crippen MR) is 80.4 cm³/mol. The maximum Gasteiger partial charge on any atom is 0.225 e. The molecule has 4 rings (SSSR count). The number of benzene rings is 1. The first-order valence-electron chi connectivity index (χ1n) is 7.11. The van der Waals surface area contributed by atoms with Crippen LogP contribution in [0.25, 0.3) is 10.9 Å². The first-order chi connectivity index (χ1) is 10.3. The summed E-state index contributed by atoms with van der Waals surface area (Å²) >= 11 is 0. The lowest BCUT2D eigenvalue weighted by Crippen LogP contribution is -2.33. The minimum atomic E-state index is 0.415. The molecular weight excluding hydrogens is 264 g/mol. The van der Waals surface area contributed by atoms with E-state index in [1.807, 2.05) is 30.5 Å². The van der Waals surface area contributed by atoms with Gasteiger partial charge in [0.05, 0.1) is 5.69 Å². The fourth-order valence-corrected chi connectivity index (χ4v) is 2.73. The van der Waals surface area contributed by atoms with Gasteiger partial charge >= 0.3 is 0 Å².